The summed E-state index contributed by atoms with van der Waals surface area (Å²) in [5.74, 6) is 1.22. The van der Waals surface area contributed by atoms with Gasteiger partial charge in [-0.25, -0.2) is 14.4 Å². The minimum Gasteiger partial charge on any atom is -0.496 e. The molecule has 0 spiro atoms. The van der Waals surface area contributed by atoms with Crippen molar-refractivity contribution in [3.05, 3.63) is 42.8 Å². The van der Waals surface area contributed by atoms with Crippen LogP contribution < -0.4 is 15.4 Å². The highest BCUT2D eigenvalue weighted by Crippen LogP contribution is 2.38. The van der Waals surface area contributed by atoms with Crippen molar-refractivity contribution in [2.24, 2.45) is 0 Å². The van der Waals surface area contributed by atoms with Crippen molar-refractivity contribution in [2.45, 2.75) is 57.7 Å². The van der Waals surface area contributed by atoms with Crippen LogP contribution in [0.4, 0.5) is 21.8 Å². The molecule has 0 atom stereocenters. The molecular weight excluding hydrogens is 423 g/mol. The van der Waals surface area contributed by atoms with E-state index in [9.17, 15) is 4.39 Å². The van der Waals surface area contributed by atoms with Crippen LogP contribution in [0.15, 0.2) is 41.4 Å². The third-order valence-electron chi connectivity index (χ3n) is 6.55. The Morgan fingerprint density at radius 3 is 2.52 bits per heavy atom. The number of nitrogens with zero attached hydrogens (tertiary/aromatic N) is 4. The number of hydrogen-bond donors (Lipinski definition) is 2. The number of nitrogens with one attached hydrogen (secondary N) is 2. The Labute approximate surface area is 193 Å². The van der Waals surface area contributed by atoms with Crippen molar-refractivity contribution in [1.82, 2.24) is 19.9 Å². The molecule has 1 aliphatic rings. The number of anilines is 3. The highest BCUT2D eigenvalue weighted by atomic mass is 19.1. The molecule has 0 amide bonds. The third-order valence-corrected chi connectivity index (χ3v) is 6.55. The molecule has 1 fully saturated rings. The average Bonchev–Trinajstić information content (AvgIpc) is 3.29. The summed E-state index contributed by atoms with van der Waals surface area (Å²) in [4.78, 5) is 14.9. The number of benzene rings is 1. The van der Waals surface area contributed by atoms with E-state index in [1.807, 2.05) is 18.2 Å². The van der Waals surface area contributed by atoms with Gasteiger partial charge in [-0.05, 0) is 65.8 Å². The van der Waals surface area contributed by atoms with Gasteiger partial charge in [0.2, 0.25) is 5.95 Å². The van der Waals surface area contributed by atoms with Gasteiger partial charge in [-0.2, -0.15) is 4.98 Å². The van der Waals surface area contributed by atoms with E-state index in [2.05, 4.69) is 65.2 Å². The van der Waals surface area contributed by atoms with Crippen molar-refractivity contribution in [3.63, 3.8) is 0 Å². The number of hydrogen-bond acceptors (Lipinski definition) is 8. The minimum absolute atomic E-state index is 0.0236. The summed E-state index contributed by atoms with van der Waals surface area (Å²) < 4.78 is 25.5. The van der Waals surface area contributed by atoms with Crippen LogP contribution in [0.5, 0.6) is 5.75 Å². The molecule has 8 nitrogen and oxygen atoms in total. The summed E-state index contributed by atoms with van der Waals surface area (Å²) in [5.41, 5.74) is 1.39. The van der Waals surface area contributed by atoms with E-state index in [0.29, 0.717) is 23.1 Å². The monoisotopic (exact) mass is 454 g/mol. The Balaban J connectivity index is 1.56. The first-order valence-electron chi connectivity index (χ1n) is 11.0. The van der Waals surface area contributed by atoms with Gasteiger partial charge in [0.05, 0.1) is 25.1 Å². The predicted molar refractivity (Wildman–Crippen MR) is 126 cm³/mol. The maximum atomic E-state index is 14.6. The second kappa shape index (κ2) is 8.62. The van der Waals surface area contributed by atoms with Crippen LogP contribution in [0.1, 0.15) is 40.5 Å². The zero-order valence-electron chi connectivity index (χ0n) is 19.9. The predicted octanol–water partition coefficient (Wildman–Crippen LogP) is 5.09. The lowest BCUT2D eigenvalue weighted by molar-refractivity contribution is -0.00778. The van der Waals surface area contributed by atoms with Gasteiger partial charge >= 0.3 is 0 Å². The van der Waals surface area contributed by atoms with E-state index in [1.54, 1.807) is 13.3 Å². The van der Waals surface area contributed by atoms with Gasteiger partial charge in [-0.15, -0.1) is 0 Å². The highest BCUT2D eigenvalue weighted by molar-refractivity contribution is 5.72. The molecule has 3 heterocycles. The van der Waals surface area contributed by atoms with E-state index in [1.165, 1.54) is 12.6 Å². The summed E-state index contributed by atoms with van der Waals surface area (Å²) in [5, 5.41) is 6.47. The van der Waals surface area contributed by atoms with Gasteiger partial charge in [0.1, 0.15) is 5.75 Å². The molecule has 0 radical (unpaired) electrons. The molecule has 3 aromatic rings. The number of piperidine rings is 1. The number of likely N-dealkylation sites (tertiary alicyclic amines) is 1. The van der Waals surface area contributed by atoms with E-state index in [-0.39, 0.29) is 22.9 Å². The second-order valence-electron chi connectivity index (χ2n) is 9.73. The zero-order valence-corrected chi connectivity index (χ0v) is 19.9. The summed E-state index contributed by atoms with van der Waals surface area (Å²) in [7, 11) is 3.74. The largest absolute Gasteiger partial charge is 0.496 e. The van der Waals surface area contributed by atoms with Gasteiger partial charge < -0.3 is 19.8 Å². The Morgan fingerprint density at radius 1 is 1.15 bits per heavy atom. The fourth-order valence-electron chi connectivity index (χ4n) is 4.65. The average molecular weight is 455 g/mol. The van der Waals surface area contributed by atoms with Crippen LogP contribution >= 0.6 is 0 Å². The summed E-state index contributed by atoms with van der Waals surface area (Å²) >= 11 is 0. The van der Waals surface area contributed by atoms with Gasteiger partial charge in [0.15, 0.2) is 23.8 Å². The van der Waals surface area contributed by atoms with Crippen LogP contribution in [0.25, 0.3) is 11.3 Å². The number of aromatic nitrogens is 3. The highest BCUT2D eigenvalue weighted by Gasteiger charge is 2.43. The van der Waals surface area contributed by atoms with Crippen LogP contribution in [-0.2, 0) is 0 Å². The molecule has 0 bridgehead atoms. The van der Waals surface area contributed by atoms with Crippen LogP contribution in [0, 0.1) is 5.82 Å². The molecule has 4 rings (SSSR count). The SMILES string of the molecule is COc1ccc(Nc2ncc(F)c(NC3CC(C)(C)N(C)C(C)(C)C3)n2)cc1-c1cnco1. The molecule has 33 heavy (non-hydrogen) atoms. The van der Waals surface area contributed by atoms with Crippen molar-refractivity contribution in [3.8, 4) is 17.1 Å². The smallest absolute Gasteiger partial charge is 0.229 e. The molecule has 0 unspecified atom stereocenters. The first-order valence-corrected chi connectivity index (χ1v) is 11.0. The molecule has 2 N–H and O–H groups in total. The maximum absolute atomic E-state index is 14.6. The molecule has 176 valence electrons. The van der Waals surface area contributed by atoms with E-state index in [0.717, 1.165) is 18.4 Å². The van der Waals surface area contributed by atoms with Gasteiger partial charge in [0, 0.05) is 22.8 Å². The van der Waals surface area contributed by atoms with Crippen LogP contribution in [0.2, 0.25) is 0 Å². The number of methoxy groups -OCH3 is 1. The summed E-state index contributed by atoms with van der Waals surface area (Å²) in [6.07, 6.45) is 5.91. The van der Waals surface area contributed by atoms with Crippen LogP contribution in [0.3, 0.4) is 0 Å². The van der Waals surface area contributed by atoms with Gasteiger partial charge in [0.25, 0.3) is 0 Å². The van der Waals surface area contributed by atoms with Gasteiger partial charge in [-0.1, -0.05) is 0 Å². The normalized spacial score (nSPS) is 18.2. The Hall–Kier alpha value is -3.20. The topological polar surface area (TPSA) is 88.3 Å². The lowest BCUT2D eigenvalue weighted by Crippen LogP contribution is -2.61. The van der Waals surface area contributed by atoms with Crippen molar-refractivity contribution >= 4 is 17.5 Å². The fraction of sp³-hybridized carbons (Fsp3) is 0.458. The standard InChI is InChI=1S/C24H31FN6O2/c1-23(2)10-16(11-24(3,4)31(23)5)28-21-18(25)12-27-22(30-21)29-15-7-8-19(32-6)17(9-15)20-13-26-14-33-20/h7-9,12-14,16H,10-11H2,1-6H3,(H2,27,28,29,30). The molecule has 1 saturated heterocycles. The van der Waals surface area contributed by atoms with Crippen LogP contribution in [-0.4, -0.2) is 51.1 Å². The van der Waals surface area contributed by atoms with E-state index in [4.69, 9.17) is 9.15 Å². The second-order valence-corrected chi connectivity index (χ2v) is 9.73. The first kappa shape index (κ1) is 23.0. The molecule has 1 aromatic carbocycles. The third kappa shape index (κ3) is 4.78. The Kier molecular flexibility index (Phi) is 6.00. The van der Waals surface area contributed by atoms with E-state index < -0.39 is 5.82 Å². The zero-order chi connectivity index (χ0) is 23.8. The summed E-state index contributed by atoms with van der Waals surface area (Å²) in [6.45, 7) is 8.84. The fourth-order valence-corrected chi connectivity index (χ4v) is 4.65. The van der Waals surface area contributed by atoms with Crippen molar-refractivity contribution < 1.29 is 13.5 Å². The first-order chi connectivity index (χ1) is 15.6. The Bertz CT molecular complexity index is 1100. The number of oxazole rings is 1. The molecule has 1 aliphatic heterocycles. The lowest BCUT2D eigenvalue weighted by Gasteiger charge is -2.53. The molecular formula is C24H31FN6O2. The number of rotatable bonds is 6. The van der Waals surface area contributed by atoms with Crippen molar-refractivity contribution in [2.75, 3.05) is 24.8 Å². The molecule has 2 aromatic heterocycles. The van der Waals surface area contributed by atoms with Gasteiger partial charge in [-0.3, -0.25) is 4.90 Å². The lowest BCUT2D eigenvalue weighted by atomic mass is 9.77. The van der Waals surface area contributed by atoms with E-state index >= 15 is 0 Å². The molecule has 0 saturated carbocycles. The minimum atomic E-state index is -0.479. The maximum Gasteiger partial charge on any atom is 0.229 e. The van der Waals surface area contributed by atoms with Crippen molar-refractivity contribution in [1.29, 1.82) is 0 Å². The number of halogens is 1. The molecule has 0 aliphatic carbocycles. The summed E-state index contributed by atoms with van der Waals surface area (Å²) in [6, 6.07) is 5.58. The molecule has 9 heteroatoms. The number of ether oxygens (including phenoxy) is 1. The Morgan fingerprint density at radius 2 is 1.88 bits per heavy atom. The quantitative estimate of drug-likeness (QED) is 0.533.